The third-order valence-electron chi connectivity index (χ3n) is 4.73. The lowest BCUT2D eigenvalue weighted by molar-refractivity contribution is -0.0605. The molecule has 0 aliphatic rings. The smallest absolute Gasteiger partial charge is 0.429 e. The first-order valence-electron chi connectivity index (χ1n) is 9.87. The van der Waals surface area contributed by atoms with Crippen LogP contribution in [0.15, 0.2) is 71.7 Å². The van der Waals surface area contributed by atoms with Gasteiger partial charge in [0.05, 0.1) is 27.7 Å². The number of alkyl halides is 3. The normalized spacial score (nSPS) is 11.7. The van der Waals surface area contributed by atoms with E-state index in [9.17, 15) is 32.3 Å². The predicted octanol–water partition coefficient (Wildman–Crippen LogP) is 6.52. The number of carbonyl (C=O) groups is 2. The van der Waals surface area contributed by atoms with Gasteiger partial charge in [0.1, 0.15) is 11.5 Å². The first kappa shape index (κ1) is 25.6. The van der Waals surface area contributed by atoms with E-state index in [0.29, 0.717) is 0 Å². The Morgan fingerprint density at radius 3 is 2.23 bits per heavy atom. The molecule has 0 heterocycles. The second-order valence-electron chi connectivity index (χ2n) is 7.19. The molecule has 0 aromatic heterocycles. The molecule has 180 valence electrons. The lowest BCUT2D eigenvalue weighted by atomic mass is 10.0. The molecular formula is C24H16ClF4N3O3. The minimum Gasteiger partial charge on any atom is -0.478 e. The Morgan fingerprint density at radius 2 is 1.63 bits per heavy atom. The fraction of sp³-hybridized carbons (Fsp3) is 0.0833. The fourth-order valence-electron chi connectivity index (χ4n) is 2.98. The molecule has 0 fully saturated rings. The van der Waals surface area contributed by atoms with Gasteiger partial charge in [0.2, 0.25) is 0 Å². The summed E-state index contributed by atoms with van der Waals surface area (Å²) in [5.74, 6) is -2.89. The van der Waals surface area contributed by atoms with Crippen molar-refractivity contribution < 1.29 is 32.3 Å². The number of nitrogens with zero attached hydrogens (tertiary/aromatic N) is 1. The summed E-state index contributed by atoms with van der Waals surface area (Å²) in [5.41, 5.74) is -1.77. The number of anilines is 1. The van der Waals surface area contributed by atoms with Gasteiger partial charge >= 0.3 is 12.1 Å². The number of benzene rings is 3. The quantitative estimate of drug-likeness (QED) is 0.251. The van der Waals surface area contributed by atoms with Gasteiger partial charge in [-0.3, -0.25) is 9.79 Å². The molecule has 0 aliphatic carbocycles. The summed E-state index contributed by atoms with van der Waals surface area (Å²) in [5, 5.41) is 19.1. The summed E-state index contributed by atoms with van der Waals surface area (Å²) in [6.45, 7) is 0. The van der Waals surface area contributed by atoms with Gasteiger partial charge in [-0.2, -0.15) is 13.2 Å². The van der Waals surface area contributed by atoms with E-state index in [4.69, 9.17) is 17.0 Å². The van der Waals surface area contributed by atoms with Crippen molar-refractivity contribution >= 4 is 46.3 Å². The van der Waals surface area contributed by atoms with Crippen LogP contribution in [-0.2, 0) is 0 Å². The van der Waals surface area contributed by atoms with Gasteiger partial charge in [0.15, 0.2) is 0 Å². The Bertz CT molecular complexity index is 1320. The van der Waals surface area contributed by atoms with Gasteiger partial charge in [0.25, 0.3) is 5.91 Å². The third kappa shape index (κ3) is 6.51. The molecule has 3 N–H and O–H groups in total. The van der Waals surface area contributed by atoms with E-state index in [0.717, 1.165) is 18.2 Å². The highest BCUT2D eigenvalue weighted by atomic mass is 35.5. The number of aliphatic imine (C=N–C) groups is 1. The molecule has 0 unspecified atom stereocenters. The average Bonchev–Trinajstić information content (AvgIpc) is 2.79. The second kappa shape index (κ2) is 10.5. The number of carbonyl (C=O) groups excluding carboxylic acids is 1. The van der Waals surface area contributed by atoms with Gasteiger partial charge in [0, 0.05) is 12.0 Å². The maximum Gasteiger partial charge on any atom is 0.429 e. The molecule has 0 radical (unpaired) electrons. The van der Waals surface area contributed by atoms with Crippen molar-refractivity contribution in [3.05, 3.63) is 94.3 Å². The summed E-state index contributed by atoms with van der Waals surface area (Å²) in [7, 11) is 0. The molecule has 6 nitrogen and oxygen atoms in total. The SMILES string of the molecule is N=C(CC(=Nc1ccccc1Cl)c1ccc(C(=O)Nc2cc(F)ccc2C(=O)O)cc1)C(F)(F)F. The fourth-order valence-corrected chi connectivity index (χ4v) is 3.15. The van der Waals surface area contributed by atoms with Crippen LogP contribution in [0, 0.1) is 11.2 Å². The maximum atomic E-state index is 13.5. The molecule has 0 atom stereocenters. The number of rotatable bonds is 7. The zero-order valence-corrected chi connectivity index (χ0v) is 18.4. The molecular weight excluding hydrogens is 490 g/mol. The predicted molar refractivity (Wildman–Crippen MR) is 124 cm³/mol. The summed E-state index contributed by atoms with van der Waals surface area (Å²) in [6.07, 6.45) is -5.70. The average molecular weight is 506 g/mol. The molecule has 0 bridgehead atoms. The van der Waals surface area contributed by atoms with Crippen LogP contribution in [0.2, 0.25) is 5.02 Å². The number of halogens is 5. The number of carboxylic acids is 1. The van der Waals surface area contributed by atoms with E-state index in [2.05, 4.69) is 10.3 Å². The summed E-state index contributed by atoms with van der Waals surface area (Å²) >= 11 is 6.07. The topological polar surface area (TPSA) is 103 Å². The van der Waals surface area contributed by atoms with Crippen molar-refractivity contribution in [2.45, 2.75) is 12.6 Å². The first-order chi connectivity index (χ1) is 16.5. The van der Waals surface area contributed by atoms with Crippen LogP contribution in [0.5, 0.6) is 0 Å². The van der Waals surface area contributed by atoms with E-state index >= 15 is 0 Å². The molecule has 0 saturated carbocycles. The van der Waals surface area contributed by atoms with Crippen LogP contribution in [0.1, 0.15) is 32.7 Å². The third-order valence-corrected chi connectivity index (χ3v) is 5.05. The van der Waals surface area contributed by atoms with Crippen molar-refractivity contribution in [3.63, 3.8) is 0 Å². The van der Waals surface area contributed by atoms with Gasteiger partial charge in [-0.1, -0.05) is 35.9 Å². The Labute approximate surface area is 201 Å². The van der Waals surface area contributed by atoms with Crippen molar-refractivity contribution in [3.8, 4) is 0 Å². The van der Waals surface area contributed by atoms with Crippen molar-refractivity contribution in [2.24, 2.45) is 4.99 Å². The van der Waals surface area contributed by atoms with Crippen LogP contribution in [0.4, 0.5) is 28.9 Å². The van der Waals surface area contributed by atoms with E-state index < -0.39 is 36.0 Å². The molecule has 11 heteroatoms. The maximum absolute atomic E-state index is 13.5. The molecule has 3 aromatic rings. The lowest BCUT2D eigenvalue weighted by Crippen LogP contribution is -2.25. The summed E-state index contributed by atoms with van der Waals surface area (Å²) < 4.78 is 52.6. The van der Waals surface area contributed by atoms with Gasteiger partial charge in [-0.25, -0.2) is 9.18 Å². The lowest BCUT2D eigenvalue weighted by Gasteiger charge is -2.13. The van der Waals surface area contributed by atoms with Gasteiger partial charge in [-0.15, -0.1) is 0 Å². The molecule has 3 aromatic carbocycles. The number of carboxylic acid groups (broad SMARTS) is 1. The van der Waals surface area contributed by atoms with Gasteiger partial charge < -0.3 is 15.8 Å². The number of nitrogens with one attached hydrogen (secondary N) is 2. The molecule has 1 amide bonds. The Kier molecular flexibility index (Phi) is 7.65. The highest BCUT2D eigenvalue weighted by Gasteiger charge is 2.35. The molecule has 0 spiro atoms. The van der Waals surface area contributed by atoms with E-state index in [1.54, 1.807) is 12.1 Å². The minimum absolute atomic E-state index is 0.0253. The number of amides is 1. The van der Waals surface area contributed by atoms with Crippen LogP contribution in [0.3, 0.4) is 0 Å². The highest BCUT2D eigenvalue weighted by Crippen LogP contribution is 2.27. The largest absolute Gasteiger partial charge is 0.478 e. The molecule has 0 aliphatic heterocycles. The van der Waals surface area contributed by atoms with Crippen LogP contribution in [0.25, 0.3) is 0 Å². The number of para-hydroxylation sites is 1. The number of hydrogen-bond donors (Lipinski definition) is 3. The molecule has 3 rings (SSSR count). The monoisotopic (exact) mass is 505 g/mol. The van der Waals surface area contributed by atoms with E-state index in [1.165, 1.54) is 36.4 Å². The summed E-state index contributed by atoms with van der Waals surface area (Å²) in [4.78, 5) is 28.1. The zero-order chi connectivity index (χ0) is 25.8. The number of hydrogen-bond acceptors (Lipinski definition) is 4. The number of aromatic carboxylic acids is 1. The van der Waals surface area contributed by atoms with Crippen LogP contribution >= 0.6 is 11.6 Å². The van der Waals surface area contributed by atoms with Crippen LogP contribution < -0.4 is 5.32 Å². The van der Waals surface area contributed by atoms with E-state index in [-0.39, 0.29) is 38.8 Å². The Balaban J connectivity index is 1.92. The summed E-state index contributed by atoms with van der Waals surface area (Å²) in [6, 6.07) is 14.3. The zero-order valence-electron chi connectivity index (χ0n) is 17.7. The van der Waals surface area contributed by atoms with E-state index in [1.807, 2.05) is 0 Å². The highest BCUT2D eigenvalue weighted by molar-refractivity contribution is 6.33. The Hall–Kier alpha value is -4.05. The van der Waals surface area contributed by atoms with Crippen molar-refractivity contribution in [1.82, 2.24) is 0 Å². The van der Waals surface area contributed by atoms with Crippen molar-refractivity contribution in [1.29, 1.82) is 5.41 Å². The standard InChI is InChI=1S/C24H16ClF4N3O3/c25-17-3-1-2-4-18(17)31-19(12-21(30)24(27,28)29)13-5-7-14(8-6-13)22(33)32-20-11-15(26)9-10-16(20)23(34)35/h1-11,30H,12H2,(H,32,33)(H,34,35). The Morgan fingerprint density at radius 1 is 1.00 bits per heavy atom. The van der Waals surface area contributed by atoms with Crippen LogP contribution in [-0.4, -0.2) is 34.6 Å². The van der Waals surface area contributed by atoms with Gasteiger partial charge in [-0.05, 0) is 48.0 Å². The first-order valence-corrected chi connectivity index (χ1v) is 10.2. The molecule has 0 saturated heterocycles. The second-order valence-corrected chi connectivity index (χ2v) is 7.60. The molecule has 35 heavy (non-hydrogen) atoms. The minimum atomic E-state index is -4.85. The van der Waals surface area contributed by atoms with Crippen molar-refractivity contribution in [2.75, 3.05) is 5.32 Å².